The van der Waals surface area contributed by atoms with Crippen molar-refractivity contribution in [2.45, 2.75) is 63.8 Å². The highest BCUT2D eigenvalue weighted by Crippen LogP contribution is 2.32. The van der Waals surface area contributed by atoms with Gasteiger partial charge in [0.15, 0.2) is 0 Å². The van der Waals surface area contributed by atoms with E-state index in [1.54, 1.807) is 36.4 Å². The number of likely N-dealkylation sites (tertiary alicyclic amines) is 1. The summed E-state index contributed by atoms with van der Waals surface area (Å²) in [6.45, 7) is 1.23. The summed E-state index contributed by atoms with van der Waals surface area (Å²) in [5.41, 5.74) is 2.65. The molecule has 2 aromatic carbocycles. The van der Waals surface area contributed by atoms with Gasteiger partial charge in [-0.2, -0.15) is 0 Å². The zero-order valence-electron chi connectivity index (χ0n) is 22.7. The van der Waals surface area contributed by atoms with Crippen molar-refractivity contribution in [2.24, 2.45) is 11.8 Å². The lowest BCUT2D eigenvalue weighted by molar-refractivity contribution is -0.135. The molecule has 2 aromatic rings. The summed E-state index contributed by atoms with van der Waals surface area (Å²) < 4.78 is 0. The molecule has 0 bridgehead atoms. The Kier molecular flexibility index (Phi) is 8.29. The Bertz CT molecular complexity index is 1220. The summed E-state index contributed by atoms with van der Waals surface area (Å²) >= 11 is 0. The summed E-state index contributed by atoms with van der Waals surface area (Å²) in [6, 6.07) is 14.6. The van der Waals surface area contributed by atoms with E-state index in [0.29, 0.717) is 23.5 Å². The van der Waals surface area contributed by atoms with Gasteiger partial charge in [-0.15, -0.1) is 0 Å². The Morgan fingerprint density at radius 3 is 2.31 bits per heavy atom. The van der Waals surface area contributed by atoms with E-state index in [-0.39, 0.29) is 47.9 Å². The molecule has 2 aliphatic carbocycles. The van der Waals surface area contributed by atoms with Gasteiger partial charge >= 0.3 is 0 Å². The first-order valence-electron chi connectivity index (χ1n) is 14.2. The molecular formula is C31H38N4O4. The second kappa shape index (κ2) is 12.0. The summed E-state index contributed by atoms with van der Waals surface area (Å²) in [4.78, 5) is 54.5. The molecule has 0 aromatic heterocycles. The fourth-order valence-electron chi connectivity index (χ4n) is 5.71. The Morgan fingerprint density at radius 2 is 1.59 bits per heavy atom. The SMILES string of the molecule is CN(C(=O)c1cccc(NC(=O)Cc2ccc(NC(=O)C3CCCN(C(=O)C4CC4)C3)cc2)c1)C1CCCC1. The fraction of sp³-hybridized carbons (Fsp3) is 0.484. The zero-order chi connectivity index (χ0) is 27.4. The third kappa shape index (κ3) is 6.85. The van der Waals surface area contributed by atoms with Crippen molar-refractivity contribution in [3.63, 3.8) is 0 Å². The fourth-order valence-corrected chi connectivity index (χ4v) is 5.71. The third-order valence-electron chi connectivity index (χ3n) is 8.20. The Hall–Kier alpha value is -3.68. The molecule has 1 atom stereocenters. The van der Waals surface area contributed by atoms with Crippen molar-refractivity contribution >= 4 is 35.0 Å². The molecule has 1 saturated heterocycles. The van der Waals surface area contributed by atoms with Crippen LogP contribution in [0, 0.1) is 11.8 Å². The Labute approximate surface area is 230 Å². The summed E-state index contributed by atoms with van der Waals surface area (Å²) in [5.74, 6) is -0.0975. The van der Waals surface area contributed by atoms with Gasteiger partial charge in [0, 0.05) is 49.0 Å². The molecule has 39 heavy (non-hydrogen) atoms. The minimum absolute atomic E-state index is 0.0221. The molecule has 3 fully saturated rings. The van der Waals surface area contributed by atoms with Crippen LogP contribution in [0.1, 0.15) is 67.3 Å². The summed E-state index contributed by atoms with van der Waals surface area (Å²) in [5, 5.41) is 5.87. The third-order valence-corrected chi connectivity index (χ3v) is 8.20. The molecule has 2 N–H and O–H groups in total. The van der Waals surface area contributed by atoms with E-state index in [1.807, 2.05) is 29.0 Å². The molecule has 1 unspecified atom stereocenters. The molecule has 1 aliphatic heterocycles. The molecule has 2 saturated carbocycles. The number of anilines is 2. The van der Waals surface area contributed by atoms with Crippen LogP contribution < -0.4 is 10.6 Å². The van der Waals surface area contributed by atoms with Crippen LogP contribution in [0.4, 0.5) is 11.4 Å². The van der Waals surface area contributed by atoms with Gasteiger partial charge in [0.05, 0.1) is 12.3 Å². The monoisotopic (exact) mass is 530 g/mol. The summed E-state index contributed by atoms with van der Waals surface area (Å²) in [7, 11) is 1.86. The van der Waals surface area contributed by atoms with Gasteiger partial charge in [0.25, 0.3) is 5.91 Å². The number of piperidine rings is 1. The van der Waals surface area contributed by atoms with Crippen LogP contribution >= 0.6 is 0 Å². The van der Waals surface area contributed by atoms with Crippen LogP contribution in [0.25, 0.3) is 0 Å². The van der Waals surface area contributed by atoms with Crippen LogP contribution in [-0.2, 0) is 20.8 Å². The van der Waals surface area contributed by atoms with E-state index in [4.69, 9.17) is 0 Å². The number of hydrogen-bond donors (Lipinski definition) is 2. The maximum absolute atomic E-state index is 12.9. The summed E-state index contributed by atoms with van der Waals surface area (Å²) in [6.07, 6.45) is 8.15. The van der Waals surface area contributed by atoms with E-state index in [0.717, 1.165) is 63.5 Å². The number of rotatable bonds is 8. The predicted octanol–water partition coefficient (Wildman–Crippen LogP) is 4.47. The molecule has 8 nitrogen and oxygen atoms in total. The van der Waals surface area contributed by atoms with Gasteiger partial charge in [-0.25, -0.2) is 0 Å². The number of nitrogens with zero attached hydrogens (tertiary/aromatic N) is 2. The molecule has 8 heteroatoms. The van der Waals surface area contributed by atoms with Gasteiger partial charge < -0.3 is 20.4 Å². The lowest BCUT2D eigenvalue weighted by atomic mass is 9.96. The van der Waals surface area contributed by atoms with E-state index in [2.05, 4.69) is 10.6 Å². The zero-order valence-corrected chi connectivity index (χ0v) is 22.7. The highest BCUT2D eigenvalue weighted by Gasteiger charge is 2.36. The van der Waals surface area contributed by atoms with Crippen LogP contribution in [0.3, 0.4) is 0 Å². The van der Waals surface area contributed by atoms with Crippen LogP contribution in [-0.4, -0.2) is 59.6 Å². The topological polar surface area (TPSA) is 98.8 Å². The standard InChI is InChI=1S/C31H38N4O4/c1-34(27-9-2-3-10-27)30(38)23-6-4-8-26(19-23)32-28(36)18-21-11-15-25(16-12-21)33-29(37)24-7-5-17-35(20-24)31(39)22-13-14-22/h4,6,8,11-12,15-16,19,22,24,27H,2-3,5,7,9-10,13-14,17-18,20H2,1H3,(H,32,36)(H,33,37). The molecule has 5 rings (SSSR count). The first-order chi connectivity index (χ1) is 18.9. The van der Waals surface area contributed by atoms with E-state index in [9.17, 15) is 19.2 Å². The first-order valence-corrected chi connectivity index (χ1v) is 14.2. The Balaban J connectivity index is 1.11. The molecular weight excluding hydrogens is 492 g/mol. The van der Waals surface area contributed by atoms with Crippen molar-refractivity contribution in [2.75, 3.05) is 30.8 Å². The van der Waals surface area contributed by atoms with Crippen LogP contribution in [0.15, 0.2) is 48.5 Å². The number of hydrogen-bond acceptors (Lipinski definition) is 4. The minimum atomic E-state index is -0.201. The largest absolute Gasteiger partial charge is 0.342 e. The van der Waals surface area contributed by atoms with Gasteiger partial charge in [-0.3, -0.25) is 19.2 Å². The predicted molar refractivity (Wildman–Crippen MR) is 150 cm³/mol. The van der Waals surface area contributed by atoms with E-state index >= 15 is 0 Å². The quantitative estimate of drug-likeness (QED) is 0.526. The molecule has 1 heterocycles. The minimum Gasteiger partial charge on any atom is -0.342 e. The van der Waals surface area contributed by atoms with E-state index < -0.39 is 0 Å². The van der Waals surface area contributed by atoms with Gasteiger partial charge in [0.1, 0.15) is 0 Å². The van der Waals surface area contributed by atoms with Crippen molar-refractivity contribution in [1.82, 2.24) is 9.80 Å². The smallest absolute Gasteiger partial charge is 0.253 e. The first kappa shape index (κ1) is 26.9. The molecule has 0 radical (unpaired) electrons. The number of carbonyl (C=O) groups excluding carboxylic acids is 4. The maximum Gasteiger partial charge on any atom is 0.253 e. The Morgan fingerprint density at radius 1 is 0.846 bits per heavy atom. The van der Waals surface area contributed by atoms with Crippen molar-refractivity contribution < 1.29 is 19.2 Å². The van der Waals surface area contributed by atoms with Gasteiger partial charge in [-0.1, -0.05) is 31.0 Å². The van der Waals surface area contributed by atoms with Crippen LogP contribution in [0.2, 0.25) is 0 Å². The highest BCUT2D eigenvalue weighted by atomic mass is 16.2. The average molecular weight is 531 g/mol. The number of carbonyl (C=O) groups is 4. The second-order valence-electron chi connectivity index (χ2n) is 11.2. The maximum atomic E-state index is 12.9. The molecule has 0 spiro atoms. The molecule has 3 aliphatic rings. The van der Waals surface area contributed by atoms with Crippen molar-refractivity contribution in [1.29, 1.82) is 0 Å². The lowest BCUT2D eigenvalue weighted by Gasteiger charge is -2.32. The number of amides is 4. The highest BCUT2D eigenvalue weighted by molar-refractivity contribution is 5.98. The van der Waals surface area contributed by atoms with Crippen LogP contribution in [0.5, 0.6) is 0 Å². The lowest BCUT2D eigenvalue weighted by Crippen LogP contribution is -2.44. The number of benzene rings is 2. The number of nitrogens with one attached hydrogen (secondary N) is 2. The van der Waals surface area contributed by atoms with Gasteiger partial charge in [0.2, 0.25) is 17.7 Å². The molecule has 206 valence electrons. The van der Waals surface area contributed by atoms with E-state index in [1.165, 1.54) is 0 Å². The average Bonchev–Trinajstić information content (AvgIpc) is 3.66. The van der Waals surface area contributed by atoms with Crippen molar-refractivity contribution in [3.05, 3.63) is 59.7 Å². The van der Waals surface area contributed by atoms with Crippen molar-refractivity contribution in [3.8, 4) is 0 Å². The normalized spacial score (nSPS) is 19.4. The van der Waals surface area contributed by atoms with Gasteiger partial charge in [-0.05, 0) is 74.4 Å². The molecule has 4 amide bonds. The second-order valence-corrected chi connectivity index (χ2v) is 11.2.